The molecule has 88 valence electrons. The van der Waals surface area contributed by atoms with Crippen LogP contribution in [0.1, 0.15) is 31.4 Å². The van der Waals surface area contributed by atoms with E-state index in [1.54, 1.807) is 0 Å². The van der Waals surface area contributed by atoms with E-state index in [1.807, 2.05) is 24.3 Å². The molecule has 1 unspecified atom stereocenters. The summed E-state index contributed by atoms with van der Waals surface area (Å²) < 4.78 is 0. The minimum atomic E-state index is -0.284. The Kier molecular flexibility index (Phi) is 5.29. The van der Waals surface area contributed by atoms with Gasteiger partial charge in [-0.3, -0.25) is 4.79 Å². The van der Waals surface area contributed by atoms with Gasteiger partial charge in [0.05, 0.1) is 0 Å². The van der Waals surface area contributed by atoms with Crippen LogP contribution in [-0.2, 0) is 4.79 Å². The van der Waals surface area contributed by atoms with Gasteiger partial charge in [-0.05, 0) is 24.1 Å². The topological polar surface area (TPSA) is 55.1 Å². The van der Waals surface area contributed by atoms with Crippen LogP contribution >= 0.6 is 11.6 Å². The molecule has 1 aromatic rings. The highest BCUT2D eigenvalue weighted by molar-refractivity contribution is 6.30. The molecular formula is C12H17ClN2O. The van der Waals surface area contributed by atoms with Gasteiger partial charge in [-0.1, -0.05) is 30.7 Å². The van der Waals surface area contributed by atoms with Gasteiger partial charge in [-0.25, -0.2) is 0 Å². The predicted octanol–water partition coefficient (Wildman–Crippen LogP) is 2.26. The lowest BCUT2D eigenvalue weighted by atomic mass is 10.0. The summed E-state index contributed by atoms with van der Waals surface area (Å²) in [6, 6.07) is 7.96. The lowest BCUT2D eigenvalue weighted by Crippen LogP contribution is -2.25. The molecule has 0 fully saturated rings. The Morgan fingerprint density at radius 2 is 2.31 bits per heavy atom. The minimum absolute atomic E-state index is 0.220. The third-order valence-electron chi connectivity index (χ3n) is 2.42. The molecule has 0 saturated carbocycles. The summed E-state index contributed by atoms with van der Waals surface area (Å²) in [5.74, 6) is -0.284. The molecule has 1 atom stereocenters. The third-order valence-corrected chi connectivity index (χ3v) is 2.66. The maximum absolute atomic E-state index is 10.6. The zero-order valence-electron chi connectivity index (χ0n) is 9.37. The summed E-state index contributed by atoms with van der Waals surface area (Å²) in [6.07, 6.45) is 1.30. The number of nitrogens with two attached hydrogens (primary N) is 1. The van der Waals surface area contributed by atoms with Gasteiger partial charge in [-0.2, -0.15) is 0 Å². The first-order valence-electron chi connectivity index (χ1n) is 5.40. The number of nitrogens with one attached hydrogen (secondary N) is 1. The van der Waals surface area contributed by atoms with Crippen molar-refractivity contribution in [2.75, 3.05) is 6.54 Å². The van der Waals surface area contributed by atoms with Crippen LogP contribution in [0.2, 0.25) is 5.02 Å². The Balaban J connectivity index is 2.57. The van der Waals surface area contributed by atoms with Crippen LogP contribution in [0, 0.1) is 0 Å². The SMILES string of the molecule is CCC(NCCC(N)=O)c1cccc(Cl)c1. The van der Waals surface area contributed by atoms with Crippen LogP contribution in [0.4, 0.5) is 0 Å². The molecule has 0 aliphatic rings. The lowest BCUT2D eigenvalue weighted by Gasteiger charge is -2.17. The van der Waals surface area contributed by atoms with E-state index in [0.29, 0.717) is 13.0 Å². The molecule has 16 heavy (non-hydrogen) atoms. The molecule has 0 aromatic heterocycles. The molecule has 0 heterocycles. The second-order valence-corrected chi connectivity index (χ2v) is 4.12. The first kappa shape index (κ1) is 13.0. The van der Waals surface area contributed by atoms with Crippen LogP contribution in [0.25, 0.3) is 0 Å². The van der Waals surface area contributed by atoms with Crippen molar-refractivity contribution in [1.82, 2.24) is 5.32 Å². The molecule has 0 radical (unpaired) electrons. The van der Waals surface area contributed by atoms with Crippen LogP contribution < -0.4 is 11.1 Å². The van der Waals surface area contributed by atoms with E-state index >= 15 is 0 Å². The van der Waals surface area contributed by atoms with Crippen molar-refractivity contribution < 1.29 is 4.79 Å². The average molecular weight is 241 g/mol. The van der Waals surface area contributed by atoms with E-state index < -0.39 is 0 Å². The second kappa shape index (κ2) is 6.51. The summed E-state index contributed by atoms with van der Waals surface area (Å²) in [7, 11) is 0. The molecule has 1 amide bonds. The maximum Gasteiger partial charge on any atom is 0.218 e. The Labute approximate surface area is 101 Å². The van der Waals surface area contributed by atoms with Gasteiger partial charge in [0.2, 0.25) is 5.91 Å². The summed E-state index contributed by atoms with van der Waals surface area (Å²) in [5, 5.41) is 4.01. The highest BCUT2D eigenvalue weighted by atomic mass is 35.5. The van der Waals surface area contributed by atoms with Crippen LogP contribution in [0.15, 0.2) is 24.3 Å². The van der Waals surface area contributed by atoms with Crippen LogP contribution in [0.5, 0.6) is 0 Å². The highest BCUT2D eigenvalue weighted by Crippen LogP contribution is 2.20. The first-order chi connectivity index (χ1) is 7.63. The van der Waals surface area contributed by atoms with Gasteiger partial charge >= 0.3 is 0 Å². The van der Waals surface area contributed by atoms with Crippen molar-refractivity contribution in [3.05, 3.63) is 34.9 Å². The second-order valence-electron chi connectivity index (χ2n) is 3.69. The first-order valence-corrected chi connectivity index (χ1v) is 5.78. The maximum atomic E-state index is 10.6. The van der Waals surface area contributed by atoms with E-state index in [2.05, 4.69) is 12.2 Å². The van der Waals surface area contributed by atoms with Crippen molar-refractivity contribution in [2.45, 2.75) is 25.8 Å². The van der Waals surface area contributed by atoms with Crippen molar-refractivity contribution in [1.29, 1.82) is 0 Å². The van der Waals surface area contributed by atoms with Crippen molar-refractivity contribution in [2.24, 2.45) is 5.73 Å². The molecule has 1 aromatic carbocycles. The predicted molar refractivity (Wildman–Crippen MR) is 66.3 cm³/mol. The van der Waals surface area contributed by atoms with Crippen LogP contribution in [-0.4, -0.2) is 12.5 Å². The fraction of sp³-hybridized carbons (Fsp3) is 0.417. The van der Waals surface area contributed by atoms with Gasteiger partial charge in [0.25, 0.3) is 0 Å². The molecule has 0 spiro atoms. The monoisotopic (exact) mass is 240 g/mol. The quantitative estimate of drug-likeness (QED) is 0.802. The number of benzene rings is 1. The number of carbonyl (C=O) groups excluding carboxylic acids is 1. The van der Waals surface area contributed by atoms with Gasteiger partial charge in [0.1, 0.15) is 0 Å². The van der Waals surface area contributed by atoms with Gasteiger partial charge in [-0.15, -0.1) is 0 Å². The van der Waals surface area contributed by atoms with Crippen molar-refractivity contribution in [3.8, 4) is 0 Å². The molecule has 0 bridgehead atoms. The minimum Gasteiger partial charge on any atom is -0.370 e. The summed E-state index contributed by atoms with van der Waals surface area (Å²) >= 11 is 5.93. The normalized spacial score (nSPS) is 12.4. The zero-order chi connectivity index (χ0) is 12.0. The van der Waals surface area contributed by atoms with Gasteiger partial charge in [0.15, 0.2) is 0 Å². The molecule has 3 N–H and O–H groups in total. The third kappa shape index (κ3) is 4.21. The fourth-order valence-corrected chi connectivity index (χ4v) is 1.79. The molecule has 3 nitrogen and oxygen atoms in total. The van der Waals surface area contributed by atoms with E-state index in [4.69, 9.17) is 17.3 Å². The van der Waals surface area contributed by atoms with Gasteiger partial charge < -0.3 is 11.1 Å². The lowest BCUT2D eigenvalue weighted by molar-refractivity contribution is -0.117. The van der Waals surface area contributed by atoms with Crippen molar-refractivity contribution >= 4 is 17.5 Å². The fourth-order valence-electron chi connectivity index (χ4n) is 1.59. The standard InChI is InChI=1S/C12H17ClN2O/c1-2-11(15-7-6-12(14)16)9-4-3-5-10(13)8-9/h3-5,8,11,15H,2,6-7H2,1H3,(H2,14,16). The van der Waals surface area contributed by atoms with E-state index in [1.165, 1.54) is 0 Å². The largest absolute Gasteiger partial charge is 0.370 e. The number of primary amides is 1. The summed E-state index contributed by atoms with van der Waals surface area (Å²) in [6.45, 7) is 2.68. The number of amides is 1. The van der Waals surface area contributed by atoms with E-state index in [-0.39, 0.29) is 11.9 Å². The number of rotatable bonds is 6. The Bertz CT molecular complexity index is 355. The molecular weight excluding hydrogens is 224 g/mol. The number of halogens is 1. The zero-order valence-corrected chi connectivity index (χ0v) is 10.1. The Morgan fingerprint density at radius 3 is 2.88 bits per heavy atom. The molecule has 0 aliphatic carbocycles. The number of carbonyl (C=O) groups is 1. The molecule has 1 rings (SSSR count). The van der Waals surface area contributed by atoms with E-state index in [9.17, 15) is 4.79 Å². The Morgan fingerprint density at radius 1 is 1.56 bits per heavy atom. The van der Waals surface area contributed by atoms with Gasteiger partial charge in [0, 0.05) is 24.0 Å². The smallest absolute Gasteiger partial charge is 0.218 e. The number of hydrogen-bond acceptors (Lipinski definition) is 2. The molecule has 0 saturated heterocycles. The summed E-state index contributed by atoms with van der Waals surface area (Å²) in [5.41, 5.74) is 6.22. The van der Waals surface area contributed by atoms with Crippen molar-refractivity contribution in [3.63, 3.8) is 0 Å². The molecule has 0 aliphatic heterocycles. The van der Waals surface area contributed by atoms with E-state index in [0.717, 1.165) is 17.0 Å². The average Bonchev–Trinajstić information content (AvgIpc) is 2.24. The Hall–Kier alpha value is -1.06. The highest BCUT2D eigenvalue weighted by Gasteiger charge is 2.08. The number of hydrogen-bond donors (Lipinski definition) is 2. The molecule has 4 heteroatoms. The van der Waals surface area contributed by atoms with Crippen LogP contribution in [0.3, 0.4) is 0 Å². The summed E-state index contributed by atoms with van der Waals surface area (Å²) in [4.78, 5) is 10.6.